The molecule has 1 aromatic heterocycles. The van der Waals surface area contributed by atoms with Crippen LogP contribution in [0.2, 0.25) is 0 Å². The average Bonchev–Trinajstić information content (AvgIpc) is 3.37. The molecule has 1 aliphatic carbocycles. The zero-order chi connectivity index (χ0) is 16.6. The Labute approximate surface area is 141 Å². The van der Waals surface area contributed by atoms with E-state index in [1.807, 2.05) is 6.07 Å². The Balaban J connectivity index is 1.39. The zero-order valence-electron chi connectivity index (χ0n) is 13.5. The predicted molar refractivity (Wildman–Crippen MR) is 87.6 cm³/mol. The normalized spacial score (nSPS) is 25.8. The van der Waals surface area contributed by atoms with Gasteiger partial charge < -0.3 is 14.4 Å². The topological polar surface area (TPSA) is 84.9 Å². The van der Waals surface area contributed by atoms with Crippen LogP contribution >= 0.6 is 0 Å². The lowest BCUT2D eigenvalue weighted by molar-refractivity contribution is 0.122. The lowest BCUT2D eigenvalue weighted by atomic mass is 10.3. The molecule has 3 fully saturated rings. The summed E-state index contributed by atoms with van der Waals surface area (Å²) >= 11 is 0. The van der Waals surface area contributed by atoms with Crippen LogP contribution in [-0.4, -0.2) is 73.4 Å². The molecule has 1 atom stereocenters. The van der Waals surface area contributed by atoms with Gasteiger partial charge in [0.15, 0.2) is 0 Å². The van der Waals surface area contributed by atoms with Gasteiger partial charge in [0, 0.05) is 25.7 Å². The molecule has 8 nitrogen and oxygen atoms in total. The molecule has 0 N–H and O–H groups in total. The third-order valence-electron chi connectivity index (χ3n) is 4.66. The number of ether oxygens (including phenoxy) is 2. The largest absolute Gasteiger partial charge is 0.473 e. The molecule has 0 aromatic carbocycles. The molecule has 3 aliphatic rings. The zero-order valence-corrected chi connectivity index (χ0v) is 14.3. The van der Waals surface area contributed by atoms with E-state index in [1.165, 1.54) is 6.33 Å². The molecule has 1 saturated carbocycles. The summed E-state index contributed by atoms with van der Waals surface area (Å²) in [5.41, 5.74) is 0. The van der Waals surface area contributed by atoms with E-state index in [4.69, 9.17) is 9.47 Å². The van der Waals surface area contributed by atoms with Gasteiger partial charge in [-0.1, -0.05) is 0 Å². The lowest BCUT2D eigenvalue weighted by Gasteiger charge is -2.27. The smallest absolute Gasteiger partial charge is 0.218 e. The first-order valence-electron chi connectivity index (χ1n) is 8.43. The van der Waals surface area contributed by atoms with Crippen LogP contribution in [0.25, 0.3) is 0 Å². The highest BCUT2D eigenvalue weighted by Gasteiger charge is 2.43. The summed E-state index contributed by atoms with van der Waals surface area (Å²) in [6, 6.07) is 1.82. The molecular formula is C15H22N4O4S. The van der Waals surface area contributed by atoms with Crippen LogP contribution in [0.4, 0.5) is 5.82 Å². The summed E-state index contributed by atoms with van der Waals surface area (Å²) in [5.74, 6) is 1.32. The van der Waals surface area contributed by atoms with Crippen molar-refractivity contribution in [3.05, 3.63) is 12.4 Å². The number of rotatable bonds is 5. The van der Waals surface area contributed by atoms with Crippen molar-refractivity contribution in [3.63, 3.8) is 0 Å². The van der Waals surface area contributed by atoms with Crippen LogP contribution in [0.3, 0.4) is 0 Å². The molecule has 24 heavy (non-hydrogen) atoms. The van der Waals surface area contributed by atoms with Gasteiger partial charge in [-0.15, -0.1) is 0 Å². The lowest BCUT2D eigenvalue weighted by Crippen LogP contribution is -2.36. The monoisotopic (exact) mass is 354 g/mol. The van der Waals surface area contributed by atoms with Crippen molar-refractivity contribution in [3.8, 4) is 5.88 Å². The van der Waals surface area contributed by atoms with Crippen LogP contribution in [0, 0.1) is 0 Å². The maximum Gasteiger partial charge on any atom is 0.218 e. The van der Waals surface area contributed by atoms with E-state index < -0.39 is 10.0 Å². The summed E-state index contributed by atoms with van der Waals surface area (Å²) in [6.45, 7) is 3.93. The molecule has 2 aliphatic heterocycles. The highest BCUT2D eigenvalue weighted by molar-refractivity contribution is 7.90. The van der Waals surface area contributed by atoms with Gasteiger partial charge in [0.2, 0.25) is 15.9 Å². The van der Waals surface area contributed by atoms with Gasteiger partial charge in [-0.3, -0.25) is 0 Å². The minimum atomic E-state index is -3.12. The maximum absolute atomic E-state index is 12.3. The van der Waals surface area contributed by atoms with Gasteiger partial charge in [0.1, 0.15) is 18.2 Å². The Morgan fingerprint density at radius 1 is 1.12 bits per heavy atom. The Hall–Kier alpha value is -1.45. The number of aromatic nitrogens is 2. The number of hydrogen-bond donors (Lipinski definition) is 0. The number of anilines is 1. The SMILES string of the molecule is O=S(=O)(C1CC1)N1CCC(Oc2cc(N3CCOCC3)ncn2)C1. The molecule has 4 rings (SSSR count). The van der Waals surface area contributed by atoms with Gasteiger partial charge in [-0.25, -0.2) is 18.4 Å². The first-order chi connectivity index (χ1) is 11.6. The first-order valence-corrected chi connectivity index (χ1v) is 9.93. The molecule has 1 aromatic rings. The Bertz CT molecular complexity index is 688. The fraction of sp³-hybridized carbons (Fsp3) is 0.733. The summed E-state index contributed by atoms with van der Waals surface area (Å²) in [7, 11) is -3.12. The Morgan fingerprint density at radius 2 is 1.92 bits per heavy atom. The van der Waals surface area contributed by atoms with E-state index in [2.05, 4.69) is 14.9 Å². The summed E-state index contributed by atoms with van der Waals surface area (Å²) in [6.07, 6.45) is 3.63. The third-order valence-corrected chi connectivity index (χ3v) is 7.03. The van der Waals surface area contributed by atoms with Crippen LogP contribution < -0.4 is 9.64 Å². The van der Waals surface area contributed by atoms with Gasteiger partial charge in [-0.2, -0.15) is 4.31 Å². The van der Waals surface area contributed by atoms with Gasteiger partial charge in [-0.05, 0) is 19.3 Å². The molecule has 132 valence electrons. The van der Waals surface area contributed by atoms with E-state index in [-0.39, 0.29) is 11.4 Å². The second kappa shape index (κ2) is 6.45. The molecule has 0 amide bonds. The molecule has 0 bridgehead atoms. The van der Waals surface area contributed by atoms with E-state index in [1.54, 1.807) is 4.31 Å². The molecule has 9 heteroatoms. The predicted octanol–water partition coefficient (Wildman–Crippen LogP) is 0.259. The first kappa shape index (κ1) is 16.0. The third kappa shape index (κ3) is 3.33. The van der Waals surface area contributed by atoms with Crippen molar-refractivity contribution in [1.29, 1.82) is 0 Å². The minimum Gasteiger partial charge on any atom is -0.473 e. The molecule has 1 unspecified atom stereocenters. The molecule has 0 radical (unpaired) electrons. The van der Waals surface area contributed by atoms with Crippen molar-refractivity contribution in [1.82, 2.24) is 14.3 Å². The number of sulfonamides is 1. The number of nitrogens with zero attached hydrogens (tertiary/aromatic N) is 4. The molecular weight excluding hydrogens is 332 g/mol. The van der Waals surface area contributed by atoms with Gasteiger partial charge in [0.05, 0.1) is 25.0 Å². The van der Waals surface area contributed by atoms with Crippen molar-refractivity contribution < 1.29 is 17.9 Å². The quantitative estimate of drug-likeness (QED) is 0.750. The number of morpholine rings is 1. The van der Waals surface area contributed by atoms with Crippen LogP contribution in [0.1, 0.15) is 19.3 Å². The van der Waals surface area contributed by atoms with Crippen molar-refractivity contribution >= 4 is 15.8 Å². The minimum absolute atomic E-state index is 0.147. The van der Waals surface area contributed by atoms with Crippen molar-refractivity contribution in [2.75, 3.05) is 44.3 Å². The van der Waals surface area contributed by atoms with E-state index in [0.29, 0.717) is 38.6 Å². The summed E-state index contributed by atoms with van der Waals surface area (Å²) < 4.78 is 37.4. The van der Waals surface area contributed by atoms with E-state index >= 15 is 0 Å². The van der Waals surface area contributed by atoms with Crippen LogP contribution in [0.5, 0.6) is 5.88 Å². The number of hydrogen-bond acceptors (Lipinski definition) is 7. The van der Waals surface area contributed by atoms with Crippen LogP contribution in [-0.2, 0) is 14.8 Å². The van der Waals surface area contributed by atoms with Crippen LogP contribution in [0.15, 0.2) is 12.4 Å². The fourth-order valence-electron chi connectivity index (χ4n) is 3.13. The molecule has 0 spiro atoms. The average molecular weight is 354 g/mol. The summed E-state index contributed by atoms with van der Waals surface area (Å²) in [4.78, 5) is 10.6. The Kier molecular flexibility index (Phi) is 4.31. The van der Waals surface area contributed by atoms with Gasteiger partial charge >= 0.3 is 0 Å². The highest BCUT2D eigenvalue weighted by Crippen LogP contribution is 2.33. The second-order valence-corrected chi connectivity index (χ2v) is 8.66. The van der Waals surface area contributed by atoms with Crippen molar-refractivity contribution in [2.24, 2.45) is 0 Å². The second-order valence-electron chi connectivity index (χ2n) is 6.44. The molecule has 3 heterocycles. The van der Waals surface area contributed by atoms with Crippen molar-refractivity contribution in [2.45, 2.75) is 30.6 Å². The highest BCUT2D eigenvalue weighted by atomic mass is 32.2. The van der Waals surface area contributed by atoms with Gasteiger partial charge in [0.25, 0.3) is 0 Å². The van der Waals surface area contributed by atoms with E-state index in [0.717, 1.165) is 31.7 Å². The summed E-state index contributed by atoms with van der Waals surface area (Å²) in [5, 5.41) is -0.164. The molecule has 2 saturated heterocycles. The fourth-order valence-corrected chi connectivity index (χ4v) is 5.02. The standard InChI is InChI=1S/C15H22N4O4S/c20-24(21,13-1-2-13)19-4-3-12(10-19)23-15-9-14(16-11-17-15)18-5-7-22-8-6-18/h9,11-13H,1-8,10H2. The maximum atomic E-state index is 12.3. The Morgan fingerprint density at radius 3 is 2.67 bits per heavy atom. The van der Waals surface area contributed by atoms with E-state index in [9.17, 15) is 8.42 Å².